The van der Waals surface area contributed by atoms with Crippen LogP contribution < -0.4 is 5.32 Å². The Balaban J connectivity index is 1.44. The molecule has 0 unspecified atom stereocenters. The van der Waals surface area contributed by atoms with Crippen molar-refractivity contribution < 1.29 is 9.21 Å². The number of nitrogens with zero attached hydrogens (tertiary/aromatic N) is 3. The van der Waals surface area contributed by atoms with E-state index in [1.165, 1.54) is 0 Å². The molecule has 0 fully saturated rings. The van der Waals surface area contributed by atoms with E-state index in [0.717, 1.165) is 11.1 Å². The Hall–Kier alpha value is -2.44. The summed E-state index contributed by atoms with van der Waals surface area (Å²) in [6.07, 6.45) is 4.59. The molecule has 0 spiro atoms. The second kappa shape index (κ2) is 8.78. The quantitative estimate of drug-likeness (QED) is 0.664. The predicted molar refractivity (Wildman–Crippen MR) is 99.0 cm³/mol. The molecule has 6 nitrogen and oxygen atoms in total. The number of amides is 1. The van der Waals surface area contributed by atoms with E-state index in [2.05, 4.69) is 20.5 Å². The standard InChI is InChI=1S/C18H16Cl2N4O2/c19-14-2-1-12(15(20)11-14)7-10-22-16(25)3-4-17-23-24-18(26-17)13-5-8-21-9-6-13/h1-2,5-6,8-9,11H,3-4,7,10H2,(H,22,25). The van der Waals surface area contributed by atoms with Gasteiger partial charge in [-0.15, -0.1) is 10.2 Å². The predicted octanol–water partition coefficient (Wildman–Crippen LogP) is 3.73. The second-order valence-corrected chi connectivity index (χ2v) is 6.42. The third-order valence-corrected chi connectivity index (χ3v) is 4.28. The summed E-state index contributed by atoms with van der Waals surface area (Å²) >= 11 is 12.0. The zero-order valence-electron chi connectivity index (χ0n) is 13.8. The lowest BCUT2D eigenvalue weighted by Gasteiger charge is -2.06. The number of carbonyl (C=O) groups is 1. The van der Waals surface area contributed by atoms with Gasteiger partial charge in [-0.25, -0.2) is 0 Å². The van der Waals surface area contributed by atoms with Crippen LogP contribution in [0.4, 0.5) is 0 Å². The van der Waals surface area contributed by atoms with Gasteiger partial charge in [0, 0.05) is 47.4 Å². The number of rotatable bonds is 7. The number of aryl methyl sites for hydroxylation is 1. The van der Waals surface area contributed by atoms with E-state index in [4.69, 9.17) is 27.6 Å². The molecule has 1 amide bonds. The van der Waals surface area contributed by atoms with Gasteiger partial charge in [0.1, 0.15) is 0 Å². The normalized spacial score (nSPS) is 10.7. The third-order valence-electron chi connectivity index (χ3n) is 3.69. The van der Waals surface area contributed by atoms with Crippen molar-refractivity contribution in [2.45, 2.75) is 19.3 Å². The lowest BCUT2D eigenvalue weighted by atomic mass is 10.1. The van der Waals surface area contributed by atoms with Gasteiger partial charge in [-0.1, -0.05) is 29.3 Å². The summed E-state index contributed by atoms with van der Waals surface area (Å²) in [5.74, 6) is 0.756. The summed E-state index contributed by atoms with van der Waals surface area (Å²) < 4.78 is 5.56. The molecular weight excluding hydrogens is 375 g/mol. The average Bonchev–Trinajstić information content (AvgIpc) is 3.12. The van der Waals surface area contributed by atoms with Crippen molar-refractivity contribution in [2.75, 3.05) is 6.54 Å². The molecule has 2 aromatic heterocycles. The monoisotopic (exact) mass is 390 g/mol. The first kappa shape index (κ1) is 18.4. The Bertz CT molecular complexity index is 884. The van der Waals surface area contributed by atoms with E-state index < -0.39 is 0 Å². The van der Waals surface area contributed by atoms with Crippen molar-refractivity contribution in [3.63, 3.8) is 0 Å². The van der Waals surface area contributed by atoms with E-state index in [1.807, 2.05) is 6.07 Å². The summed E-state index contributed by atoms with van der Waals surface area (Å²) in [5, 5.41) is 12.0. The number of nitrogens with one attached hydrogen (secondary N) is 1. The van der Waals surface area contributed by atoms with Gasteiger partial charge in [0.2, 0.25) is 17.7 Å². The largest absolute Gasteiger partial charge is 0.421 e. The summed E-state index contributed by atoms with van der Waals surface area (Å²) in [5.41, 5.74) is 1.73. The Morgan fingerprint density at radius 3 is 2.65 bits per heavy atom. The smallest absolute Gasteiger partial charge is 0.247 e. The van der Waals surface area contributed by atoms with Crippen molar-refractivity contribution in [3.05, 3.63) is 64.2 Å². The van der Waals surface area contributed by atoms with Crippen LogP contribution in [0.5, 0.6) is 0 Å². The first-order valence-electron chi connectivity index (χ1n) is 8.05. The van der Waals surface area contributed by atoms with Gasteiger partial charge in [-0.3, -0.25) is 9.78 Å². The summed E-state index contributed by atoms with van der Waals surface area (Å²) in [6.45, 7) is 0.492. The molecule has 0 bridgehead atoms. The molecule has 0 aliphatic heterocycles. The number of hydrogen-bond donors (Lipinski definition) is 1. The molecule has 26 heavy (non-hydrogen) atoms. The van der Waals surface area contributed by atoms with Crippen LogP contribution in [0.2, 0.25) is 10.0 Å². The lowest BCUT2D eigenvalue weighted by Crippen LogP contribution is -2.26. The van der Waals surface area contributed by atoms with Crippen LogP contribution in [0, 0.1) is 0 Å². The third kappa shape index (κ3) is 5.03. The highest BCUT2D eigenvalue weighted by Crippen LogP contribution is 2.21. The molecule has 0 saturated heterocycles. The fourth-order valence-electron chi connectivity index (χ4n) is 2.34. The van der Waals surface area contributed by atoms with Crippen molar-refractivity contribution in [1.29, 1.82) is 0 Å². The van der Waals surface area contributed by atoms with Crippen LogP contribution in [0.15, 0.2) is 47.1 Å². The van der Waals surface area contributed by atoms with E-state index in [0.29, 0.717) is 41.2 Å². The second-order valence-electron chi connectivity index (χ2n) is 5.57. The zero-order valence-corrected chi connectivity index (χ0v) is 15.3. The number of hydrogen-bond acceptors (Lipinski definition) is 5. The molecular formula is C18H16Cl2N4O2. The SMILES string of the molecule is O=C(CCc1nnc(-c2ccncc2)o1)NCCc1ccc(Cl)cc1Cl. The van der Waals surface area contributed by atoms with Gasteiger partial charge in [-0.05, 0) is 36.2 Å². The molecule has 0 aliphatic rings. The van der Waals surface area contributed by atoms with Crippen LogP contribution in [0.25, 0.3) is 11.5 Å². The van der Waals surface area contributed by atoms with Gasteiger partial charge in [0.05, 0.1) is 0 Å². The molecule has 0 aliphatic carbocycles. The van der Waals surface area contributed by atoms with E-state index in [-0.39, 0.29) is 12.3 Å². The number of benzene rings is 1. The minimum absolute atomic E-state index is 0.0845. The van der Waals surface area contributed by atoms with Crippen LogP contribution in [0.1, 0.15) is 17.9 Å². The molecule has 8 heteroatoms. The van der Waals surface area contributed by atoms with E-state index in [9.17, 15) is 4.79 Å². The first-order valence-corrected chi connectivity index (χ1v) is 8.81. The van der Waals surface area contributed by atoms with Gasteiger partial charge in [0.25, 0.3) is 0 Å². The summed E-state index contributed by atoms with van der Waals surface area (Å²) in [4.78, 5) is 15.9. The van der Waals surface area contributed by atoms with Crippen molar-refractivity contribution >= 4 is 29.1 Å². The highest BCUT2D eigenvalue weighted by molar-refractivity contribution is 6.35. The van der Waals surface area contributed by atoms with Gasteiger partial charge in [0.15, 0.2) is 0 Å². The molecule has 134 valence electrons. The van der Waals surface area contributed by atoms with Crippen molar-refractivity contribution in [3.8, 4) is 11.5 Å². The summed E-state index contributed by atoms with van der Waals surface area (Å²) in [7, 11) is 0. The van der Waals surface area contributed by atoms with Crippen LogP contribution in [0.3, 0.4) is 0 Å². The molecule has 1 aromatic carbocycles. The molecule has 0 saturated carbocycles. The fraction of sp³-hybridized carbons (Fsp3) is 0.222. The Morgan fingerprint density at radius 2 is 1.88 bits per heavy atom. The Morgan fingerprint density at radius 1 is 1.08 bits per heavy atom. The van der Waals surface area contributed by atoms with Gasteiger partial charge < -0.3 is 9.73 Å². The zero-order chi connectivity index (χ0) is 18.4. The molecule has 0 radical (unpaired) electrons. The average molecular weight is 391 g/mol. The molecule has 3 rings (SSSR count). The van der Waals surface area contributed by atoms with E-state index in [1.54, 1.807) is 36.7 Å². The maximum atomic E-state index is 12.0. The maximum Gasteiger partial charge on any atom is 0.247 e. The van der Waals surface area contributed by atoms with Gasteiger partial charge >= 0.3 is 0 Å². The van der Waals surface area contributed by atoms with Crippen LogP contribution in [-0.4, -0.2) is 27.6 Å². The highest BCUT2D eigenvalue weighted by atomic mass is 35.5. The highest BCUT2D eigenvalue weighted by Gasteiger charge is 2.10. The Labute approximate surface area is 160 Å². The van der Waals surface area contributed by atoms with Gasteiger partial charge in [-0.2, -0.15) is 0 Å². The lowest BCUT2D eigenvalue weighted by molar-refractivity contribution is -0.121. The minimum Gasteiger partial charge on any atom is -0.421 e. The number of halogens is 2. The molecule has 0 atom stereocenters. The van der Waals surface area contributed by atoms with E-state index >= 15 is 0 Å². The first-order chi connectivity index (χ1) is 12.6. The van der Waals surface area contributed by atoms with Crippen LogP contribution >= 0.6 is 23.2 Å². The molecule has 3 aromatic rings. The fourth-order valence-corrected chi connectivity index (χ4v) is 2.84. The van der Waals surface area contributed by atoms with Crippen molar-refractivity contribution in [2.24, 2.45) is 0 Å². The molecule has 1 N–H and O–H groups in total. The minimum atomic E-state index is -0.0845. The number of aromatic nitrogens is 3. The summed E-state index contributed by atoms with van der Waals surface area (Å²) in [6, 6.07) is 8.89. The number of carbonyl (C=O) groups excluding carboxylic acids is 1. The number of pyridine rings is 1. The maximum absolute atomic E-state index is 12.0. The topological polar surface area (TPSA) is 80.9 Å². The Kier molecular flexibility index (Phi) is 6.20. The van der Waals surface area contributed by atoms with Crippen molar-refractivity contribution in [1.82, 2.24) is 20.5 Å². The molecule has 2 heterocycles. The van der Waals surface area contributed by atoms with Crippen LogP contribution in [-0.2, 0) is 17.6 Å².